The van der Waals surface area contributed by atoms with Crippen LogP contribution in [-0.2, 0) is 0 Å². The standard InChI is InChI=1S/C16H11F4NO2/c1-2-21(15(22)11-5-3-9(17)7-13(11)19)16(23)12-6-4-10(18)8-14(12)20/h3-8H,2H2,1H3. The predicted octanol–water partition coefficient (Wildman–Crippen LogP) is 3.55. The summed E-state index contributed by atoms with van der Waals surface area (Å²) in [6, 6.07) is 4.53. The second-order valence-corrected chi connectivity index (χ2v) is 4.60. The molecule has 0 saturated heterocycles. The predicted molar refractivity (Wildman–Crippen MR) is 73.8 cm³/mol. The van der Waals surface area contributed by atoms with E-state index in [4.69, 9.17) is 0 Å². The zero-order valence-electron chi connectivity index (χ0n) is 11.9. The van der Waals surface area contributed by atoms with E-state index in [9.17, 15) is 27.2 Å². The van der Waals surface area contributed by atoms with E-state index in [1.807, 2.05) is 0 Å². The smallest absolute Gasteiger partial charge is 0.263 e. The molecule has 2 aromatic carbocycles. The van der Waals surface area contributed by atoms with Crippen LogP contribution in [0, 0.1) is 23.3 Å². The van der Waals surface area contributed by atoms with E-state index in [2.05, 4.69) is 0 Å². The molecule has 0 fully saturated rings. The Morgan fingerprint density at radius 2 is 1.22 bits per heavy atom. The molecule has 0 saturated carbocycles. The second-order valence-electron chi connectivity index (χ2n) is 4.60. The normalized spacial score (nSPS) is 10.5. The topological polar surface area (TPSA) is 37.4 Å². The van der Waals surface area contributed by atoms with Gasteiger partial charge in [0, 0.05) is 18.7 Å². The molecular formula is C16H11F4NO2. The van der Waals surface area contributed by atoms with E-state index < -0.39 is 46.2 Å². The number of rotatable bonds is 3. The molecule has 0 aliphatic rings. The third kappa shape index (κ3) is 3.39. The Bertz CT molecular complexity index is 713. The van der Waals surface area contributed by atoms with Crippen LogP contribution in [-0.4, -0.2) is 23.3 Å². The first-order chi connectivity index (χ1) is 10.8. The van der Waals surface area contributed by atoms with Gasteiger partial charge in [0.15, 0.2) is 0 Å². The molecule has 0 N–H and O–H groups in total. The number of benzene rings is 2. The van der Waals surface area contributed by atoms with E-state index in [0.717, 1.165) is 24.3 Å². The highest BCUT2D eigenvalue weighted by molar-refractivity contribution is 6.10. The minimum absolute atomic E-state index is 0.175. The van der Waals surface area contributed by atoms with Crippen molar-refractivity contribution in [3.05, 3.63) is 70.8 Å². The lowest BCUT2D eigenvalue weighted by Gasteiger charge is -2.19. The van der Waals surface area contributed by atoms with Crippen molar-refractivity contribution >= 4 is 11.8 Å². The highest BCUT2D eigenvalue weighted by atomic mass is 19.1. The Morgan fingerprint density at radius 1 is 0.826 bits per heavy atom. The van der Waals surface area contributed by atoms with Crippen LogP contribution in [0.25, 0.3) is 0 Å². The van der Waals surface area contributed by atoms with Gasteiger partial charge in [-0.25, -0.2) is 17.6 Å². The van der Waals surface area contributed by atoms with Gasteiger partial charge in [-0.1, -0.05) is 0 Å². The molecule has 0 bridgehead atoms. The van der Waals surface area contributed by atoms with Crippen molar-refractivity contribution in [1.82, 2.24) is 4.90 Å². The van der Waals surface area contributed by atoms with Crippen LogP contribution in [0.4, 0.5) is 17.6 Å². The van der Waals surface area contributed by atoms with Crippen LogP contribution in [0.1, 0.15) is 27.6 Å². The SMILES string of the molecule is CCN(C(=O)c1ccc(F)cc1F)C(=O)c1ccc(F)cc1F. The zero-order chi connectivity index (χ0) is 17.1. The molecular weight excluding hydrogens is 314 g/mol. The summed E-state index contributed by atoms with van der Waals surface area (Å²) in [5.74, 6) is -6.12. The third-order valence-corrected chi connectivity index (χ3v) is 3.13. The molecule has 0 radical (unpaired) electrons. The van der Waals surface area contributed by atoms with Crippen LogP contribution in [0.3, 0.4) is 0 Å². The van der Waals surface area contributed by atoms with Gasteiger partial charge in [0.2, 0.25) is 0 Å². The fourth-order valence-corrected chi connectivity index (χ4v) is 2.00. The van der Waals surface area contributed by atoms with E-state index in [0.29, 0.717) is 17.0 Å². The molecule has 0 spiro atoms. The largest absolute Gasteiger partial charge is 0.274 e. The van der Waals surface area contributed by atoms with Gasteiger partial charge < -0.3 is 0 Å². The van der Waals surface area contributed by atoms with Gasteiger partial charge in [0.05, 0.1) is 11.1 Å². The van der Waals surface area contributed by atoms with E-state index in [-0.39, 0.29) is 6.54 Å². The van der Waals surface area contributed by atoms with Gasteiger partial charge in [-0.3, -0.25) is 14.5 Å². The maximum absolute atomic E-state index is 13.7. The number of hydrogen-bond acceptors (Lipinski definition) is 2. The van der Waals surface area contributed by atoms with Crippen LogP contribution >= 0.6 is 0 Å². The molecule has 2 rings (SSSR count). The summed E-state index contributed by atoms with van der Waals surface area (Å²) in [4.78, 5) is 25.1. The van der Waals surface area contributed by atoms with E-state index in [1.54, 1.807) is 0 Å². The lowest BCUT2D eigenvalue weighted by Crippen LogP contribution is -2.37. The first-order valence-electron chi connectivity index (χ1n) is 6.61. The number of hydrogen-bond donors (Lipinski definition) is 0. The fraction of sp³-hybridized carbons (Fsp3) is 0.125. The number of halogens is 4. The fourth-order valence-electron chi connectivity index (χ4n) is 2.00. The van der Waals surface area contributed by atoms with E-state index in [1.165, 1.54) is 6.92 Å². The molecule has 3 nitrogen and oxygen atoms in total. The first kappa shape index (κ1) is 16.7. The van der Waals surface area contributed by atoms with Gasteiger partial charge in [-0.15, -0.1) is 0 Å². The highest BCUT2D eigenvalue weighted by Crippen LogP contribution is 2.17. The number of imide groups is 1. The minimum Gasteiger partial charge on any atom is -0.274 e. The summed E-state index contributed by atoms with van der Waals surface area (Å²) in [7, 11) is 0. The van der Waals surface area contributed by atoms with Crippen molar-refractivity contribution in [2.45, 2.75) is 6.92 Å². The van der Waals surface area contributed by atoms with Crippen LogP contribution in [0.15, 0.2) is 36.4 Å². The summed E-state index contributed by atoms with van der Waals surface area (Å²) >= 11 is 0. The minimum atomic E-state index is -1.14. The van der Waals surface area contributed by atoms with Gasteiger partial charge in [-0.05, 0) is 31.2 Å². The average molecular weight is 325 g/mol. The molecule has 0 aliphatic heterocycles. The Kier molecular flexibility index (Phi) is 4.78. The molecule has 23 heavy (non-hydrogen) atoms. The molecule has 0 atom stereocenters. The maximum Gasteiger partial charge on any atom is 0.263 e. The maximum atomic E-state index is 13.7. The van der Waals surface area contributed by atoms with Gasteiger partial charge >= 0.3 is 0 Å². The highest BCUT2D eigenvalue weighted by Gasteiger charge is 2.27. The summed E-state index contributed by atoms with van der Waals surface area (Å²) in [6.07, 6.45) is 0. The summed E-state index contributed by atoms with van der Waals surface area (Å²) in [5, 5.41) is 0. The molecule has 0 aromatic heterocycles. The molecule has 2 aromatic rings. The molecule has 0 aliphatic carbocycles. The van der Waals surface area contributed by atoms with Crippen molar-refractivity contribution in [2.75, 3.05) is 6.54 Å². The van der Waals surface area contributed by atoms with Gasteiger partial charge in [0.25, 0.3) is 11.8 Å². The third-order valence-electron chi connectivity index (χ3n) is 3.13. The molecule has 2 amide bonds. The van der Waals surface area contributed by atoms with Crippen LogP contribution < -0.4 is 0 Å². The number of amides is 2. The Balaban J connectivity index is 2.38. The average Bonchev–Trinajstić information content (AvgIpc) is 2.47. The number of nitrogens with zero attached hydrogens (tertiary/aromatic N) is 1. The van der Waals surface area contributed by atoms with Crippen molar-refractivity contribution in [2.24, 2.45) is 0 Å². The van der Waals surface area contributed by atoms with Crippen molar-refractivity contribution in [3.63, 3.8) is 0 Å². The number of carbonyl (C=O) groups is 2. The lowest BCUT2D eigenvalue weighted by molar-refractivity contribution is 0.0619. The summed E-state index contributed by atoms with van der Waals surface area (Å²) in [5.41, 5.74) is -1.05. The molecule has 120 valence electrons. The van der Waals surface area contributed by atoms with Crippen molar-refractivity contribution in [3.8, 4) is 0 Å². The second kappa shape index (κ2) is 6.60. The monoisotopic (exact) mass is 325 g/mol. The quantitative estimate of drug-likeness (QED) is 0.639. The molecule has 0 heterocycles. The zero-order valence-corrected chi connectivity index (χ0v) is 11.9. The Labute approximate surface area is 129 Å². The molecule has 7 heteroatoms. The van der Waals surface area contributed by atoms with Gasteiger partial charge in [-0.2, -0.15) is 0 Å². The van der Waals surface area contributed by atoms with Gasteiger partial charge in [0.1, 0.15) is 23.3 Å². The Morgan fingerprint density at radius 3 is 1.52 bits per heavy atom. The molecule has 0 unspecified atom stereocenters. The van der Waals surface area contributed by atoms with Crippen molar-refractivity contribution < 1.29 is 27.2 Å². The summed E-state index contributed by atoms with van der Waals surface area (Å²) in [6.45, 7) is 1.25. The van der Waals surface area contributed by atoms with Crippen molar-refractivity contribution in [1.29, 1.82) is 0 Å². The Hall–Kier alpha value is -2.70. The lowest BCUT2D eigenvalue weighted by atomic mass is 10.1. The summed E-state index contributed by atoms with van der Waals surface area (Å²) < 4.78 is 53.1. The van der Waals surface area contributed by atoms with E-state index >= 15 is 0 Å². The van der Waals surface area contributed by atoms with Crippen LogP contribution in [0.2, 0.25) is 0 Å². The first-order valence-corrected chi connectivity index (χ1v) is 6.61. The van der Waals surface area contributed by atoms with Crippen LogP contribution in [0.5, 0.6) is 0 Å². The number of carbonyl (C=O) groups excluding carboxylic acids is 2.